The molecule has 0 aromatic heterocycles. The van der Waals surface area contributed by atoms with Crippen molar-refractivity contribution >= 4 is 21.9 Å². The fraction of sp³-hybridized carbons (Fsp3) is 0.500. The second-order valence-corrected chi connectivity index (χ2v) is 5.29. The van der Waals surface area contributed by atoms with Crippen LogP contribution in [-0.2, 0) is 6.54 Å². The van der Waals surface area contributed by atoms with Gasteiger partial charge in [-0.15, -0.1) is 0 Å². The van der Waals surface area contributed by atoms with Crippen LogP contribution in [0, 0.1) is 0 Å². The van der Waals surface area contributed by atoms with Crippen LogP contribution in [0.3, 0.4) is 0 Å². The minimum Gasteiger partial charge on any atom is -0.478 e. The van der Waals surface area contributed by atoms with Crippen LogP contribution in [0.2, 0.25) is 0 Å². The number of benzene rings is 1. The molecule has 0 radical (unpaired) electrons. The van der Waals surface area contributed by atoms with E-state index in [4.69, 9.17) is 5.11 Å². The van der Waals surface area contributed by atoms with Crippen molar-refractivity contribution < 1.29 is 9.90 Å². The fourth-order valence-electron chi connectivity index (χ4n) is 1.86. The maximum Gasteiger partial charge on any atom is 0.335 e. The van der Waals surface area contributed by atoms with Crippen molar-refractivity contribution in [2.45, 2.75) is 39.8 Å². The van der Waals surface area contributed by atoms with Gasteiger partial charge in [-0.3, -0.25) is 4.90 Å². The van der Waals surface area contributed by atoms with Crippen LogP contribution in [0.25, 0.3) is 0 Å². The van der Waals surface area contributed by atoms with E-state index in [1.54, 1.807) is 12.1 Å². The van der Waals surface area contributed by atoms with Crippen LogP contribution in [0.4, 0.5) is 0 Å². The molecule has 18 heavy (non-hydrogen) atoms. The van der Waals surface area contributed by atoms with Crippen molar-refractivity contribution in [3.8, 4) is 0 Å². The van der Waals surface area contributed by atoms with Gasteiger partial charge in [-0.2, -0.15) is 0 Å². The number of hydrogen-bond donors (Lipinski definition) is 1. The third-order valence-corrected chi connectivity index (χ3v) is 4.03. The number of rotatable bonds is 6. The Balaban J connectivity index is 2.87. The van der Waals surface area contributed by atoms with E-state index in [2.05, 4.69) is 41.6 Å². The molecule has 0 fully saturated rings. The Morgan fingerprint density at radius 3 is 2.56 bits per heavy atom. The Kier molecular flexibility index (Phi) is 5.82. The molecule has 0 spiro atoms. The molecule has 1 aromatic carbocycles. The maximum absolute atomic E-state index is 10.9. The lowest BCUT2D eigenvalue weighted by molar-refractivity contribution is 0.0696. The lowest BCUT2D eigenvalue weighted by atomic mass is 10.1. The highest BCUT2D eigenvalue weighted by molar-refractivity contribution is 9.10. The standard InChI is InChI=1S/C14H20BrNO2/c1-4-10(3)16(5-2)9-12-7-6-11(14(17)18)8-13(12)15/h6-8,10H,4-5,9H2,1-3H3,(H,17,18). The summed E-state index contributed by atoms with van der Waals surface area (Å²) in [5, 5.41) is 8.92. The van der Waals surface area contributed by atoms with Gasteiger partial charge in [-0.05, 0) is 37.6 Å². The van der Waals surface area contributed by atoms with E-state index >= 15 is 0 Å². The van der Waals surface area contributed by atoms with Crippen molar-refractivity contribution in [3.05, 3.63) is 33.8 Å². The third-order valence-electron chi connectivity index (χ3n) is 3.29. The summed E-state index contributed by atoms with van der Waals surface area (Å²) < 4.78 is 0.865. The monoisotopic (exact) mass is 313 g/mol. The predicted octanol–water partition coefficient (Wildman–Crippen LogP) is 3.77. The van der Waals surface area contributed by atoms with Crippen LogP contribution in [0.5, 0.6) is 0 Å². The Morgan fingerprint density at radius 1 is 1.44 bits per heavy atom. The van der Waals surface area contributed by atoms with Crippen LogP contribution >= 0.6 is 15.9 Å². The van der Waals surface area contributed by atoms with Gasteiger partial charge >= 0.3 is 5.97 Å². The molecule has 1 rings (SSSR count). The van der Waals surface area contributed by atoms with Crippen LogP contribution < -0.4 is 0 Å². The van der Waals surface area contributed by atoms with Gasteiger partial charge in [0, 0.05) is 17.1 Å². The van der Waals surface area contributed by atoms with E-state index in [0.29, 0.717) is 11.6 Å². The largest absolute Gasteiger partial charge is 0.478 e. The summed E-state index contributed by atoms with van der Waals surface area (Å²) in [6, 6.07) is 5.74. The van der Waals surface area contributed by atoms with Crippen LogP contribution in [0.15, 0.2) is 22.7 Å². The van der Waals surface area contributed by atoms with Gasteiger partial charge in [-0.1, -0.05) is 35.8 Å². The topological polar surface area (TPSA) is 40.5 Å². The Labute approximate surface area is 117 Å². The van der Waals surface area contributed by atoms with Gasteiger partial charge in [0.2, 0.25) is 0 Å². The highest BCUT2D eigenvalue weighted by Crippen LogP contribution is 2.21. The minimum absolute atomic E-state index is 0.317. The summed E-state index contributed by atoms with van der Waals surface area (Å²) in [7, 11) is 0. The number of carboxylic acids is 1. The Morgan fingerprint density at radius 2 is 2.11 bits per heavy atom. The lowest BCUT2D eigenvalue weighted by Crippen LogP contribution is -2.31. The molecule has 1 atom stereocenters. The Hall–Kier alpha value is -0.870. The quantitative estimate of drug-likeness (QED) is 0.869. The molecule has 0 heterocycles. The molecule has 0 saturated carbocycles. The zero-order valence-electron chi connectivity index (χ0n) is 11.1. The second-order valence-electron chi connectivity index (χ2n) is 4.43. The first-order valence-electron chi connectivity index (χ1n) is 6.25. The average molecular weight is 314 g/mol. The van der Waals surface area contributed by atoms with Crippen molar-refractivity contribution in [2.24, 2.45) is 0 Å². The first-order valence-corrected chi connectivity index (χ1v) is 7.04. The lowest BCUT2D eigenvalue weighted by Gasteiger charge is -2.27. The molecular formula is C14H20BrNO2. The predicted molar refractivity (Wildman–Crippen MR) is 76.9 cm³/mol. The van der Waals surface area contributed by atoms with Crippen LogP contribution in [0.1, 0.15) is 43.1 Å². The molecule has 0 bridgehead atoms. The number of carbonyl (C=O) groups is 1. The number of halogens is 1. The van der Waals surface area contributed by atoms with Gasteiger partial charge in [0.05, 0.1) is 5.56 Å². The smallest absolute Gasteiger partial charge is 0.335 e. The zero-order valence-corrected chi connectivity index (χ0v) is 12.7. The average Bonchev–Trinajstić information content (AvgIpc) is 2.36. The summed E-state index contributed by atoms with van der Waals surface area (Å²) in [5.41, 5.74) is 1.44. The van der Waals surface area contributed by atoms with E-state index in [1.165, 1.54) is 0 Å². The van der Waals surface area contributed by atoms with Crippen LogP contribution in [-0.4, -0.2) is 28.6 Å². The highest BCUT2D eigenvalue weighted by atomic mass is 79.9. The van der Waals surface area contributed by atoms with Gasteiger partial charge in [0.25, 0.3) is 0 Å². The van der Waals surface area contributed by atoms with Crippen molar-refractivity contribution in [2.75, 3.05) is 6.54 Å². The van der Waals surface area contributed by atoms with Crippen molar-refractivity contribution in [1.82, 2.24) is 4.90 Å². The summed E-state index contributed by atoms with van der Waals surface area (Å²) in [6.45, 7) is 8.36. The normalized spacial score (nSPS) is 12.7. The molecule has 1 N–H and O–H groups in total. The number of hydrogen-bond acceptors (Lipinski definition) is 2. The summed E-state index contributed by atoms with van der Waals surface area (Å²) in [4.78, 5) is 13.2. The number of nitrogens with zero attached hydrogens (tertiary/aromatic N) is 1. The molecule has 3 nitrogen and oxygen atoms in total. The zero-order chi connectivity index (χ0) is 13.7. The minimum atomic E-state index is -0.892. The van der Waals surface area contributed by atoms with Gasteiger partial charge in [-0.25, -0.2) is 4.79 Å². The van der Waals surface area contributed by atoms with E-state index in [1.807, 2.05) is 6.07 Å². The van der Waals surface area contributed by atoms with Crippen molar-refractivity contribution in [1.29, 1.82) is 0 Å². The molecule has 1 aromatic rings. The van der Waals surface area contributed by atoms with Gasteiger partial charge in [0.1, 0.15) is 0 Å². The first-order chi connectivity index (χ1) is 8.49. The molecule has 100 valence electrons. The van der Waals surface area contributed by atoms with E-state index < -0.39 is 5.97 Å². The van der Waals surface area contributed by atoms with E-state index in [-0.39, 0.29) is 0 Å². The molecule has 0 aliphatic heterocycles. The molecule has 0 saturated heterocycles. The molecule has 0 aliphatic rings. The van der Waals surface area contributed by atoms with Gasteiger partial charge < -0.3 is 5.11 Å². The second kappa shape index (κ2) is 6.90. The SMILES string of the molecule is CCC(C)N(CC)Cc1ccc(C(=O)O)cc1Br. The number of carboxylic acid groups (broad SMARTS) is 1. The number of aromatic carboxylic acids is 1. The maximum atomic E-state index is 10.9. The van der Waals surface area contributed by atoms with E-state index in [9.17, 15) is 4.79 Å². The van der Waals surface area contributed by atoms with Gasteiger partial charge in [0.15, 0.2) is 0 Å². The third kappa shape index (κ3) is 3.82. The first kappa shape index (κ1) is 15.2. The summed E-state index contributed by atoms with van der Waals surface area (Å²) in [5.74, 6) is -0.892. The molecular weight excluding hydrogens is 294 g/mol. The molecule has 1 unspecified atom stereocenters. The fourth-order valence-corrected chi connectivity index (χ4v) is 2.37. The summed E-state index contributed by atoms with van der Waals surface area (Å²) >= 11 is 3.45. The molecule has 4 heteroatoms. The Bertz CT molecular complexity index is 420. The molecule has 0 amide bonds. The van der Waals surface area contributed by atoms with E-state index in [0.717, 1.165) is 29.5 Å². The summed E-state index contributed by atoms with van der Waals surface area (Å²) in [6.07, 6.45) is 1.11. The van der Waals surface area contributed by atoms with Crippen molar-refractivity contribution in [3.63, 3.8) is 0 Å². The highest BCUT2D eigenvalue weighted by Gasteiger charge is 2.13. The molecule has 0 aliphatic carbocycles.